The summed E-state index contributed by atoms with van der Waals surface area (Å²) < 4.78 is 0. The zero-order valence-corrected chi connectivity index (χ0v) is 15.4. The molecule has 1 N–H and O–H groups in total. The summed E-state index contributed by atoms with van der Waals surface area (Å²) in [6.07, 6.45) is 0.352. The predicted molar refractivity (Wildman–Crippen MR) is 102 cm³/mol. The highest BCUT2D eigenvalue weighted by Crippen LogP contribution is 2.21. The van der Waals surface area contributed by atoms with Crippen LogP contribution in [0.1, 0.15) is 29.2 Å². The molecule has 2 aromatic rings. The minimum atomic E-state index is -0.0327. The summed E-state index contributed by atoms with van der Waals surface area (Å²) in [4.78, 5) is 25.8. The van der Waals surface area contributed by atoms with Crippen LogP contribution in [0, 0.1) is 20.8 Å². The monoisotopic (exact) mass is 338 g/mol. The molecule has 4 heteroatoms. The van der Waals surface area contributed by atoms with Gasteiger partial charge in [-0.2, -0.15) is 0 Å². The van der Waals surface area contributed by atoms with Crippen LogP contribution in [0.5, 0.6) is 0 Å². The van der Waals surface area contributed by atoms with Crippen LogP contribution in [0.3, 0.4) is 0 Å². The van der Waals surface area contributed by atoms with Gasteiger partial charge in [0.15, 0.2) is 0 Å². The van der Waals surface area contributed by atoms with Crippen molar-refractivity contribution in [2.45, 2.75) is 34.1 Å². The number of anilines is 1. The van der Waals surface area contributed by atoms with Crippen molar-refractivity contribution in [1.82, 2.24) is 5.32 Å². The van der Waals surface area contributed by atoms with E-state index in [0.717, 1.165) is 27.9 Å². The van der Waals surface area contributed by atoms with Gasteiger partial charge in [0.1, 0.15) is 0 Å². The van der Waals surface area contributed by atoms with Crippen LogP contribution < -0.4 is 10.2 Å². The fourth-order valence-electron chi connectivity index (χ4n) is 2.93. The van der Waals surface area contributed by atoms with E-state index in [1.165, 1.54) is 0 Å². The number of nitrogens with zero attached hydrogens (tertiary/aromatic N) is 1. The first-order valence-electron chi connectivity index (χ1n) is 8.54. The topological polar surface area (TPSA) is 49.4 Å². The Balaban J connectivity index is 1.93. The highest BCUT2D eigenvalue weighted by molar-refractivity contribution is 5.92. The summed E-state index contributed by atoms with van der Waals surface area (Å²) in [5.41, 5.74) is 5.25. The Bertz CT molecular complexity index is 768. The molecule has 132 valence electrons. The van der Waals surface area contributed by atoms with Crippen molar-refractivity contribution in [3.8, 4) is 0 Å². The Hall–Kier alpha value is -2.62. The van der Waals surface area contributed by atoms with Gasteiger partial charge in [0.2, 0.25) is 11.8 Å². The van der Waals surface area contributed by atoms with Crippen molar-refractivity contribution in [2.24, 2.45) is 0 Å². The molecule has 0 saturated heterocycles. The second-order valence-electron chi connectivity index (χ2n) is 6.48. The fourth-order valence-corrected chi connectivity index (χ4v) is 2.93. The lowest BCUT2D eigenvalue weighted by atomic mass is 10.1. The molecule has 25 heavy (non-hydrogen) atoms. The summed E-state index contributed by atoms with van der Waals surface area (Å²) in [6.45, 7) is 8.47. The minimum absolute atomic E-state index is 0.0279. The number of nitrogens with one attached hydrogen (secondary N) is 1. The van der Waals surface area contributed by atoms with Gasteiger partial charge in [-0.1, -0.05) is 47.5 Å². The van der Waals surface area contributed by atoms with E-state index in [1.807, 2.05) is 57.2 Å². The van der Waals surface area contributed by atoms with Crippen molar-refractivity contribution >= 4 is 17.5 Å². The molecule has 0 fully saturated rings. The van der Waals surface area contributed by atoms with E-state index < -0.39 is 0 Å². The van der Waals surface area contributed by atoms with E-state index in [0.29, 0.717) is 19.5 Å². The van der Waals surface area contributed by atoms with Crippen molar-refractivity contribution < 1.29 is 9.59 Å². The van der Waals surface area contributed by atoms with Gasteiger partial charge in [0.05, 0.1) is 6.42 Å². The third-order valence-electron chi connectivity index (χ3n) is 4.13. The molecule has 0 aliphatic rings. The first kappa shape index (κ1) is 18.7. The molecule has 0 unspecified atom stereocenters. The maximum absolute atomic E-state index is 12.1. The lowest BCUT2D eigenvalue weighted by molar-refractivity contribution is -0.121. The van der Waals surface area contributed by atoms with E-state index in [9.17, 15) is 9.59 Å². The summed E-state index contributed by atoms with van der Waals surface area (Å²) in [5.74, 6) is -0.0605. The smallest absolute Gasteiger partial charge is 0.224 e. The molecular weight excluding hydrogens is 312 g/mol. The van der Waals surface area contributed by atoms with Gasteiger partial charge in [0, 0.05) is 25.7 Å². The zero-order chi connectivity index (χ0) is 18.4. The van der Waals surface area contributed by atoms with Gasteiger partial charge < -0.3 is 10.2 Å². The largest absolute Gasteiger partial charge is 0.354 e. The van der Waals surface area contributed by atoms with Gasteiger partial charge in [-0.15, -0.1) is 0 Å². The third kappa shape index (κ3) is 5.45. The Kier molecular flexibility index (Phi) is 6.34. The molecule has 2 rings (SSSR count). The molecule has 0 aromatic heterocycles. The van der Waals surface area contributed by atoms with Crippen molar-refractivity contribution in [3.05, 3.63) is 64.7 Å². The summed E-state index contributed by atoms with van der Waals surface area (Å²) >= 11 is 0. The van der Waals surface area contributed by atoms with Crippen LogP contribution in [0.4, 0.5) is 5.69 Å². The summed E-state index contributed by atoms with van der Waals surface area (Å²) in [7, 11) is 0. The number of rotatable bonds is 6. The zero-order valence-electron chi connectivity index (χ0n) is 15.4. The number of carbonyl (C=O) groups excluding carboxylic acids is 2. The Morgan fingerprint density at radius 2 is 1.72 bits per heavy atom. The molecule has 4 nitrogen and oxygen atoms in total. The van der Waals surface area contributed by atoms with Crippen LogP contribution in [0.2, 0.25) is 0 Å². The van der Waals surface area contributed by atoms with Gasteiger partial charge in [-0.3, -0.25) is 9.59 Å². The molecule has 0 bridgehead atoms. The van der Waals surface area contributed by atoms with E-state index in [2.05, 4.69) is 11.4 Å². The Morgan fingerprint density at radius 3 is 2.36 bits per heavy atom. The molecule has 0 radical (unpaired) electrons. The highest BCUT2D eigenvalue weighted by atomic mass is 16.2. The van der Waals surface area contributed by atoms with Crippen molar-refractivity contribution in [3.63, 3.8) is 0 Å². The molecule has 0 spiro atoms. The number of hydrogen-bond donors (Lipinski definition) is 1. The van der Waals surface area contributed by atoms with E-state index in [1.54, 1.807) is 11.8 Å². The van der Waals surface area contributed by atoms with Crippen LogP contribution in [0.25, 0.3) is 0 Å². The average molecular weight is 338 g/mol. The van der Waals surface area contributed by atoms with Gasteiger partial charge in [-0.25, -0.2) is 0 Å². The van der Waals surface area contributed by atoms with Crippen LogP contribution in [0.15, 0.2) is 42.5 Å². The average Bonchev–Trinajstić information content (AvgIpc) is 2.52. The standard InChI is InChI=1S/C21H26N2O2/c1-15-6-5-7-19(13-15)14-21(25)22-10-11-23(18(4)24)20-9-8-16(2)12-17(20)3/h5-9,12-13H,10-11,14H2,1-4H3,(H,22,25). The first-order chi connectivity index (χ1) is 11.9. The second kappa shape index (κ2) is 8.47. The molecule has 2 amide bonds. The highest BCUT2D eigenvalue weighted by Gasteiger charge is 2.14. The molecule has 0 aliphatic carbocycles. The van der Waals surface area contributed by atoms with Crippen LogP contribution in [-0.2, 0) is 16.0 Å². The molecule has 0 heterocycles. The van der Waals surface area contributed by atoms with Crippen LogP contribution in [-0.4, -0.2) is 24.9 Å². The number of benzene rings is 2. The normalized spacial score (nSPS) is 10.4. The summed E-state index contributed by atoms with van der Waals surface area (Å²) in [6, 6.07) is 13.9. The van der Waals surface area contributed by atoms with E-state index >= 15 is 0 Å². The number of aryl methyl sites for hydroxylation is 3. The van der Waals surface area contributed by atoms with E-state index in [4.69, 9.17) is 0 Å². The molecule has 0 saturated carbocycles. The van der Waals surface area contributed by atoms with Gasteiger partial charge in [0.25, 0.3) is 0 Å². The minimum Gasteiger partial charge on any atom is -0.354 e. The number of hydrogen-bond acceptors (Lipinski definition) is 2. The fraction of sp³-hybridized carbons (Fsp3) is 0.333. The van der Waals surface area contributed by atoms with Crippen LogP contribution >= 0.6 is 0 Å². The predicted octanol–water partition coefficient (Wildman–Crippen LogP) is 3.32. The van der Waals surface area contributed by atoms with E-state index in [-0.39, 0.29) is 11.8 Å². The Morgan fingerprint density at radius 1 is 1.00 bits per heavy atom. The summed E-state index contributed by atoms with van der Waals surface area (Å²) in [5, 5.41) is 2.90. The molecular formula is C21H26N2O2. The third-order valence-corrected chi connectivity index (χ3v) is 4.13. The lowest BCUT2D eigenvalue weighted by Gasteiger charge is -2.23. The maximum Gasteiger partial charge on any atom is 0.224 e. The van der Waals surface area contributed by atoms with Crippen molar-refractivity contribution in [1.29, 1.82) is 0 Å². The number of amides is 2. The SMILES string of the molecule is CC(=O)N(CCNC(=O)Cc1cccc(C)c1)c1ccc(C)cc1C. The van der Waals surface area contributed by atoms with Crippen molar-refractivity contribution in [2.75, 3.05) is 18.0 Å². The molecule has 0 aliphatic heterocycles. The quantitative estimate of drug-likeness (QED) is 0.878. The first-order valence-corrected chi connectivity index (χ1v) is 8.54. The molecule has 0 atom stereocenters. The second-order valence-corrected chi connectivity index (χ2v) is 6.48. The maximum atomic E-state index is 12.1. The molecule has 2 aromatic carbocycles. The lowest BCUT2D eigenvalue weighted by Crippen LogP contribution is -2.38. The van der Waals surface area contributed by atoms with Gasteiger partial charge in [-0.05, 0) is 38.0 Å². The number of carbonyl (C=O) groups is 2. The van der Waals surface area contributed by atoms with Gasteiger partial charge >= 0.3 is 0 Å². The Labute approximate surface area is 149 Å².